The Labute approximate surface area is 262 Å². The van der Waals surface area contributed by atoms with E-state index in [0.29, 0.717) is 24.8 Å². The van der Waals surface area contributed by atoms with Crippen molar-refractivity contribution in [1.29, 1.82) is 0 Å². The van der Waals surface area contributed by atoms with E-state index >= 15 is 0 Å². The van der Waals surface area contributed by atoms with Crippen LogP contribution in [0.4, 0.5) is 0 Å². The third kappa shape index (κ3) is 10.0. The van der Waals surface area contributed by atoms with Crippen LogP contribution in [-0.4, -0.2) is 81.7 Å². The number of esters is 1. The van der Waals surface area contributed by atoms with Crippen LogP contribution in [0.3, 0.4) is 0 Å². The molecule has 9 heteroatoms. The molecule has 2 saturated heterocycles. The van der Waals surface area contributed by atoms with Crippen molar-refractivity contribution in [2.45, 2.75) is 135 Å². The van der Waals surface area contributed by atoms with Crippen molar-refractivity contribution >= 4 is 17.5 Å². The Morgan fingerprint density at radius 1 is 0.932 bits per heavy atom. The molecule has 9 nitrogen and oxygen atoms in total. The zero-order valence-corrected chi connectivity index (χ0v) is 27.1. The van der Waals surface area contributed by atoms with Crippen LogP contribution in [-0.2, 0) is 28.6 Å². The van der Waals surface area contributed by atoms with Crippen LogP contribution in [0.1, 0.15) is 86.5 Å². The fourth-order valence-electron chi connectivity index (χ4n) is 6.10. The van der Waals surface area contributed by atoms with Gasteiger partial charge in [0.1, 0.15) is 29.9 Å². The first-order valence-corrected chi connectivity index (χ1v) is 15.9. The number of hydrogen-bond acceptors (Lipinski definition) is 9. The fraction of sp³-hybridized carbons (Fsp3) is 0.686. The van der Waals surface area contributed by atoms with Gasteiger partial charge in [-0.1, -0.05) is 56.7 Å². The summed E-state index contributed by atoms with van der Waals surface area (Å²) in [6.45, 7) is 15.0. The maximum absolute atomic E-state index is 13.1. The normalized spacial score (nSPS) is 38.8. The van der Waals surface area contributed by atoms with Crippen LogP contribution in [0.15, 0.2) is 47.6 Å². The van der Waals surface area contributed by atoms with Gasteiger partial charge in [-0.25, -0.2) is 0 Å². The van der Waals surface area contributed by atoms with E-state index in [0.717, 1.165) is 5.57 Å². The molecule has 3 aliphatic rings. The second kappa shape index (κ2) is 16.2. The number of hydrogen-bond donors (Lipinski definition) is 3. The minimum atomic E-state index is -1.33. The second-order valence-corrected chi connectivity index (χ2v) is 13.4. The Morgan fingerprint density at radius 2 is 1.64 bits per heavy atom. The molecule has 0 aromatic rings. The van der Waals surface area contributed by atoms with Crippen molar-refractivity contribution in [2.75, 3.05) is 0 Å². The topological polar surface area (TPSA) is 140 Å². The molecule has 3 rings (SSSR count). The molecule has 11 atom stereocenters. The molecule has 0 saturated carbocycles. The van der Waals surface area contributed by atoms with Gasteiger partial charge in [-0.3, -0.25) is 14.4 Å². The molecular weight excluding hydrogens is 564 g/mol. The third-order valence-electron chi connectivity index (χ3n) is 9.20. The molecule has 0 radical (unpaired) electrons. The lowest BCUT2D eigenvalue weighted by Gasteiger charge is -2.26. The summed E-state index contributed by atoms with van der Waals surface area (Å²) in [7, 11) is 0. The van der Waals surface area contributed by atoms with Gasteiger partial charge in [0, 0.05) is 31.1 Å². The number of allylic oxidation sites excluding steroid dienone is 3. The number of ether oxygens (including phenoxy) is 3. The van der Waals surface area contributed by atoms with Gasteiger partial charge >= 0.3 is 5.97 Å². The Kier molecular flexibility index (Phi) is 13.3. The van der Waals surface area contributed by atoms with E-state index in [1.54, 1.807) is 32.9 Å². The zero-order chi connectivity index (χ0) is 32.7. The Bertz CT molecular complexity index is 1130. The average molecular weight is 617 g/mol. The molecule has 0 spiro atoms. The third-order valence-corrected chi connectivity index (χ3v) is 9.20. The van der Waals surface area contributed by atoms with Crippen LogP contribution in [0.2, 0.25) is 0 Å². The van der Waals surface area contributed by atoms with Crippen molar-refractivity contribution in [1.82, 2.24) is 0 Å². The van der Waals surface area contributed by atoms with Crippen LogP contribution < -0.4 is 0 Å². The molecular formula is C35H52O9. The molecule has 3 aliphatic heterocycles. The van der Waals surface area contributed by atoms with Crippen molar-refractivity contribution in [3.05, 3.63) is 47.6 Å². The molecule has 0 aromatic carbocycles. The summed E-state index contributed by atoms with van der Waals surface area (Å²) in [6, 6.07) is 0. The van der Waals surface area contributed by atoms with E-state index in [2.05, 4.69) is 6.58 Å². The maximum atomic E-state index is 13.1. The summed E-state index contributed by atoms with van der Waals surface area (Å²) >= 11 is 0. The number of carbonyl (C=O) groups is 3. The molecule has 0 unspecified atom stereocenters. The summed E-state index contributed by atoms with van der Waals surface area (Å²) in [5.74, 6) is -1.81. The maximum Gasteiger partial charge on any atom is 0.309 e. The van der Waals surface area contributed by atoms with Gasteiger partial charge in [-0.2, -0.15) is 0 Å². The van der Waals surface area contributed by atoms with Crippen LogP contribution in [0.25, 0.3) is 0 Å². The summed E-state index contributed by atoms with van der Waals surface area (Å²) in [6.07, 6.45) is 2.65. The van der Waals surface area contributed by atoms with Crippen LogP contribution >= 0.6 is 0 Å². The lowest BCUT2D eigenvalue weighted by atomic mass is 9.87. The Hall–Kier alpha value is -2.43. The smallest absolute Gasteiger partial charge is 0.309 e. The molecule has 3 N–H and O–H groups in total. The van der Waals surface area contributed by atoms with Crippen molar-refractivity contribution in [3.63, 3.8) is 0 Å². The highest BCUT2D eigenvalue weighted by Crippen LogP contribution is 2.34. The first kappa shape index (κ1) is 36.0. The average Bonchev–Trinajstić information content (AvgIpc) is 3.56. The quantitative estimate of drug-likeness (QED) is 0.306. The van der Waals surface area contributed by atoms with Crippen molar-refractivity contribution < 1.29 is 43.9 Å². The number of Topliss-reactive ketones (excluding diaryl/α,β-unsaturated/α-hetero) is 2. The van der Waals surface area contributed by atoms with Gasteiger partial charge < -0.3 is 29.5 Å². The van der Waals surface area contributed by atoms with Gasteiger partial charge in [-0.05, 0) is 57.6 Å². The highest BCUT2D eigenvalue weighted by atomic mass is 16.6. The van der Waals surface area contributed by atoms with E-state index < -0.39 is 60.5 Å². The largest absolute Gasteiger partial charge is 0.455 e. The lowest BCUT2D eigenvalue weighted by molar-refractivity contribution is -0.158. The van der Waals surface area contributed by atoms with Crippen molar-refractivity contribution in [3.8, 4) is 0 Å². The predicted molar refractivity (Wildman–Crippen MR) is 167 cm³/mol. The lowest BCUT2D eigenvalue weighted by Crippen LogP contribution is -2.38. The first-order chi connectivity index (χ1) is 20.7. The van der Waals surface area contributed by atoms with E-state index in [4.69, 9.17) is 14.2 Å². The summed E-state index contributed by atoms with van der Waals surface area (Å²) < 4.78 is 18.2. The monoisotopic (exact) mass is 616 g/mol. The number of carbonyl (C=O) groups excluding carboxylic acids is 3. The van der Waals surface area contributed by atoms with Gasteiger partial charge in [-0.15, -0.1) is 0 Å². The SMILES string of the molecule is C=C1C=C(C)[C@@H](C)[C@@H](O)CC(=O)[C@@H](C)CC(=O)C[C@H]2CC[C@@H](O2)[C@@H](C=CC=C(C)C)OC(=O)C[C@@H]2O[C@H](C[C@H]2C)[C@H](O)[C@@H]1O. The minimum absolute atomic E-state index is 0.0244. The van der Waals surface area contributed by atoms with Crippen LogP contribution in [0, 0.1) is 17.8 Å². The molecule has 246 valence electrons. The van der Waals surface area contributed by atoms with E-state index in [1.165, 1.54) is 0 Å². The van der Waals surface area contributed by atoms with Gasteiger partial charge in [0.2, 0.25) is 0 Å². The highest BCUT2D eigenvalue weighted by molar-refractivity contribution is 5.88. The summed E-state index contributed by atoms with van der Waals surface area (Å²) in [5, 5.41) is 32.7. The molecule has 44 heavy (non-hydrogen) atoms. The number of aliphatic hydroxyl groups is 3. The standard InChI is InChI=1S/C35H52O9/c1-19(2)9-8-10-29-30-12-11-26(42-30)16-25(36)14-21(4)27(37)17-28(38)24(7)20(3)13-23(6)34(40)35(41)32-15-22(5)31(43-32)18-33(39)44-29/h8-10,13,21-22,24,26,28-32,34-35,38,40-41H,6,11-12,14-18H2,1-5,7H3/t21-,22+,24+,26+,28-,29+,30+,31-,32+,34+,35-/m0/s1. The van der Waals surface area contributed by atoms with Crippen molar-refractivity contribution in [2.24, 2.45) is 17.8 Å². The fourth-order valence-corrected chi connectivity index (χ4v) is 6.10. The number of ketones is 2. The molecule has 4 bridgehead atoms. The zero-order valence-electron chi connectivity index (χ0n) is 27.1. The van der Waals surface area contributed by atoms with E-state index in [-0.39, 0.29) is 54.8 Å². The van der Waals surface area contributed by atoms with Gasteiger partial charge in [0.15, 0.2) is 0 Å². The van der Waals surface area contributed by atoms with E-state index in [1.807, 2.05) is 32.9 Å². The molecule has 0 amide bonds. The molecule has 2 fully saturated rings. The van der Waals surface area contributed by atoms with Gasteiger partial charge in [0.25, 0.3) is 0 Å². The number of fused-ring (bicyclic) bond motifs is 4. The highest BCUT2D eigenvalue weighted by Gasteiger charge is 2.41. The van der Waals surface area contributed by atoms with E-state index in [9.17, 15) is 29.7 Å². The number of rotatable bonds is 2. The molecule has 3 heterocycles. The molecule has 0 aliphatic carbocycles. The second-order valence-electron chi connectivity index (χ2n) is 13.4. The Morgan fingerprint density at radius 3 is 2.32 bits per heavy atom. The summed E-state index contributed by atoms with van der Waals surface area (Å²) in [4.78, 5) is 39.0. The predicted octanol–water partition coefficient (Wildman–Crippen LogP) is 4.33. The molecule has 0 aromatic heterocycles. The number of aliphatic hydroxyl groups excluding tert-OH is 3. The first-order valence-electron chi connectivity index (χ1n) is 15.9. The Balaban J connectivity index is 1.85. The van der Waals surface area contributed by atoms with Gasteiger partial charge in [0.05, 0.1) is 36.9 Å². The number of cyclic esters (lactones) is 1. The summed E-state index contributed by atoms with van der Waals surface area (Å²) in [5.41, 5.74) is 2.01. The van der Waals surface area contributed by atoms with Crippen LogP contribution in [0.5, 0.6) is 0 Å². The minimum Gasteiger partial charge on any atom is -0.455 e.